The average Bonchev–Trinajstić information content (AvgIpc) is 2.37. The first kappa shape index (κ1) is 17.4. The van der Waals surface area contributed by atoms with Crippen LogP contribution in [-0.2, 0) is 14.3 Å². The lowest BCUT2D eigenvalue weighted by molar-refractivity contribution is -0.125. The Morgan fingerprint density at radius 2 is 1.78 bits per heavy atom. The Hall–Kier alpha value is -0.650. The summed E-state index contributed by atoms with van der Waals surface area (Å²) < 4.78 is 10.4. The van der Waals surface area contributed by atoms with Crippen LogP contribution in [0.15, 0.2) is 0 Å². The molecule has 0 aliphatic carbocycles. The smallest absolute Gasteiger partial charge is 0.245 e. The van der Waals surface area contributed by atoms with Gasteiger partial charge < -0.3 is 19.9 Å². The zero-order valence-corrected chi connectivity index (χ0v) is 11.5. The highest BCUT2D eigenvalue weighted by Crippen LogP contribution is 1.96. The van der Waals surface area contributed by atoms with E-state index in [1.54, 1.807) is 0 Å². The Labute approximate surface area is 110 Å². The van der Waals surface area contributed by atoms with E-state index in [2.05, 4.69) is 12.2 Å². The lowest BCUT2D eigenvalue weighted by atomic mass is 10.2. The van der Waals surface area contributed by atoms with E-state index in [1.165, 1.54) is 0 Å². The van der Waals surface area contributed by atoms with E-state index >= 15 is 0 Å². The lowest BCUT2D eigenvalue weighted by Gasteiger charge is -2.06. The first-order valence-corrected chi connectivity index (χ1v) is 6.84. The number of aliphatic hydroxyl groups excluding tert-OH is 1. The van der Waals surface area contributed by atoms with Crippen LogP contribution in [0.2, 0.25) is 0 Å². The molecule has 0 aliphatic heterocycles. The zero-order chi connectivity index (χ0) is 13.5. The molecule has 0 aromatic rings. The number of nitrogens with one attached hydrogen (secondary N) is 1. The van der Waals surface area contributed by atoms with Crippen molar-refractivity contribution in [2.24, 2.45) is 0 Å². The molecule has 0 radical (unpaired) electrons. The van der Waals surface area contributed by atoms with Crippen molar-refractivity contribution in [3.8, 4) is 0 Å². The van der Waals surface area contributed by atoms with Crippen LogP contribution < -0.4 is 5.32 Å². The molecule has 0 rings (SSSR count). The number of carbonyl (C=O) groups is 1. The summed E-state index contributed by atoms with van der Waals surface area (Å²) in [6.45, 7) is 4.77. The predicted octanol–water partition coefficient (Wildman–Crippen LogP) is 1.10. The molecule has 0 aliphatic rings. The summed E-state index contributed by atoms with van der Waals surface area (Å²) in [6, 6.07) is 0. The molecular weight excluding hydrogens is 234 g/mol. The van der Waals surface area contributed by atoms with E-state index in [4.69, 9.17) is 14.6 Å². The van der Waals surface area contributed by atoms with Crippen LogP contribution in [0.1, 0.15) is 39.0 Å². The molecule has 0 fully saturated rings. The molecule has 0 unspecified atom stereocenters. The quantitative estimate of drug-likeness (QED) is 0.487. The topological polar surface area (TPSA) is 67.8 Å². The van der Waals surface area contributed by atoms with Gasteiger partial charge in [0.25, 0.3) is 0 Å². The van der Waals surface area contributed by atoms with Gasteiger partial charge in [0.15, 0.2) is 0 Å². The van der Waals surface area contributed by atoms with Crippen molar-refractivity contribution >= 4 is 5.91 Å². The van der Waals surface area contributed by atoms with Crippen molar-refractivity contribution in [2.75, 3.05) is 39.6 Å². The summed E-state index contributed by atoms with van der Waals surface area (Å²) in [5.41, 5.74) is 0. The van der Waals surface area contributed by atoms with E-state index in [9.17, 15) is 4.79 Å². The third-order valence-electron chi connectivity index (χ3n) is 2.40. The monoisotopic (exact) mass is 261 g/mol. The summed E-state index contributed by atoms with van der Waals surface area (Å²) in [5.74, 6) is -0.0327. The summed E-state index contributed by atoms with van der Waals surface area (Å²) in [5, 5.41) is 11.3. The summed E-state index contributed by atoms with van der Waals surface area (Å²) in [4.78, 5) is 11.2. The van der Waals surface area contributed by atoms with Gasteiger partial charge >= 0.3 is 0 Å². The van der Waals surface area contributed by atoms with Gasteiger partial charge in [0.2, 0.25) is 5.91 Å². The van der Waals surface area contributed by atoms with E-state index in [-0.39, 0.29) is 19.1 Å². The van der Waals surface area contributed by atoms with E-state index in [0.29, 0.717) is 19.8 Å². The predicted molar refractivity (Wildman–Crippen MR) is 70.5 cm³/mol. The van der Waals surface area contributed by atoms with Crippen LogP contribution in [0.5, 0.6) is 0 Å². The second-order valence-electron chi connectivity index (χ2n) is 4.15. The van der Waals surface area contributed by atoms with Gasteiger partial charge in [-0.2, -0.15) is 0 Å². The van der Waals surface area contributed by atoms with Crippen LogP contribution in [0, 0.1) is 0 Å². The number of rotatable bonds is 13. The minimum absolute atomic E-state index is 0.0327. The van der Waals surface area contributed by atoms with Crippen molar-refractivity contribution in [1.29, 1.82) is 0 Å². The van der Waals surface area contributed by atoms with Crippen molar-refractivity contribution in [2.45, 2.75) is 39.0 Å². The molecular formula is C13H27NO4. The summed E-state index contributed by atoms with van der Waals surface area (Å²) in [6.07, 6.45) is 5.01. The van der Waals surface area contributed by atoms with E-state index in [1.807, 2.05) is 0 Å². The van der Waals surface area contributed by atoms with E-state index in [0.717, 1.165) is 38.6 Å². The number of aliphatic hydroxyl groups is 1. The Bertz CT molecular complexity index is 188. The fourth-order valence-electron chi connectivity index (χ4n) is 1.37. The molecule has 5 heteroatoms. The van der Waals surface area contributed by atoms with Crippen molar-refractivity contribution in [3.63, 3.8) is 0 Å². The van der Waals surface area contributed by atoms with Crippen molar-refractivity contribution in [1.82, 2.24) is 5.32 Å². The highest BCUT2D eigenvalue weighted by atomic mass is 16.5. The standard InChI is InChI=1S/C13H27NO4/c1-2-3-7-14-13(16)12-18-10-6-4-5-9-17-11-8-15/h15H,2-12H2,1H3,(H,14,16). The molecule has 0 aromatic carbocycles. The normalized spacial score (nSPS) is 10.6. The van der Waals surface area contributed by atoms with Crippen LogP contribution in [0.4, 0.5) is 0 Å². The lowest BCUT2D eigenvalue weighted by Crippen LogP contribution is -2.28. The molecule has 108 valence electrons. The number of unbranched alkanes of at least 4 members (excludes halogenated alkanes) is 3. The number of hydrogen-bond donors (Lipinski definition) is 2. The van der Waals surface area contributed by atoms with Gasteiger partial charge in [0.05, 0.1) is 13.2 Å². The molecule has 0 saturated carbocycles. The third-order valence-corrected chi connectivity index (χ3v) is 2.40. The van der Waals surface area contributed by atoms with Gasteiger partial charge in [-0.25, -0.2) is 0 Å². The van der Waals surface area contributed by atoms with Gasteiger partial charge in [-0.15, -0.1) is 0 Å². The fraction of sp³-hybridized carbons (Fsp3) is 0.923. The third kappa shape index (κ3) is 13.4. The Kier molecular flexibility index (Phi) is 13.9. The number of hydrogen-bond acceptors (Lipinski definition) is 4. The molecule has 0 bridgehead atoms. The number of amides is 1. The largest absolute Gasteiger partial charge is 0.394 e. The number of carbonyl (C=O) groups excluding carboxylic acids is 1. The SMILES string of the molecule is CCCCNC(=O)COCCCCCOCCO. The van der Waals surface area contributed by atoms with Crippen molar-refractivity contribution < 1.29 is 19.4 Å². The maximum Gasteiger partial charge on any atom is 0.245 e. The van der Waals surface area contributed by atoms with Gasteiger partial charge in [0, 0.05) is 19.8 Å². The second kappa shape index (κ2) is 14.4. The molecule has 0 aromatic heterocycles. The Morgan fingerprint density at radius 1 is 1.06 bits per heavy atom. The van der Waals surface area contributed by atoms with Gasteiger partial charge in [-0.3, -0.25) is 4.79 Å². The van der Waals surface area contributed by atoms with Crippen LogP contribution >= 0.6 is 0 Å². The Balaban J connectivity index is 3.08. The van der Waals surface area contributed by atoms with E-state index < -0.39 is 0 Å². The first-order chi connectivity index (χ1) is 8.81. The summed E-state index contributed by atoms with van der Waals surface area (Å²) in [7, 11) is 0. The molecule has 18 heavy (non-hydrogen) atoms. The maximum absolute atomic E-state index is 11.2. The highest BCUT2D eigenvalue weighted by Gasteiger charge is 1.99. The second-order valence-corrected chi connectivity index (χ2v) is 4.15. The van der Waals surface area contributed by atoms with Crippen LogP contribution in [-0.4, -0.2) is 50.6 Å². The average molecular weight is 261 g/mol. The molecule has 2 N–H and O–H groups in total. The van der Waals surface area contributed by atoms with Crippen molar-refractivity contribution in [3.05, 3.63) is 0 Å². The van der Waals surface area contributed by atoms with Crippen LogP contribution in [0.3, 0.4) is 0 Å². The first-order valence-electron chi connectivity index (χ1n) is 6.84. The molecule has 0 heterocycles. The highest BCUT2D eigenvalue weighted by molar-refractivity contribution is 5.77. The Morgan fingerprint density at radius 3 is 2.44 bits per heavy atom. The fourth-order valence-corrected chi connectivity index (χ4v) is 1.37. The summed E-state index contributed by atoms with van der Waals surface area (Å²) >= 11 is 0. The molecule has 0 saturated heterocycles. The maximum atomic E-state index is 11.2. The molecule has 1 amide bonds. The minimum atomic E-state index is -0.0327. The van der Waals surface area contributed by atoms with Gasteiger partial charge in [-0.05, 0) is 25.7 Å². The zero-order valence-electron chi connectivity index (χ0n) is 11.5. The number of ether oxygens (including phenoxy) is 2. The molecule has 0 atom stereocenters. The molecule has 0 spiro atoms. The molecule has 5 nitrogen and oxygen atoms in total. The van der Waals surface area contributed by atoms with Gasteiger partial charge in [-0.1, -0.05) is 13.3 Å². The van der Waals surface area contributed by atoms with Gasteiger partial charge in [0.1, 0.15) is 6.61 Å². The van der Waals surface area contributed by atoms with Crippen LogP contribution in [0.25, 0.3) is 0 Å². The minimum Gasteiger partial charge on any atom is -0.394 e.